The molecule has 0 radical (unpaired) electrons. The van der Waals surface area contributed by atoms with Crippen LogP contribution >= 0.6 is 48.0 Å². The summed E-state index contributed by atoms with van der Waals surface area (Å²) in [5, 5.41) is 1.52. The van der Waals surface area contributed by atoms with Crippen LogP contribution in [0.3, 0.4) is 0 Å². The second-order valence-corrected chi connectivity index (χ2v) is 14.3. The minimum atomic E-state index is 0. The summed E-state index contributed by atoms with van der Waals surface area (Å²) in [6.45, 7) is 14.3. The van der Waals surface area contributed by atoms with Crippen LogP contribution in [0, 0.1) is 38.8 Å². The van der Waals surface area contributed by atoms with Crippen LogP contribution < -0.4 is 0 Å². The van der Waals surface area contributed by atoms with Gasteiger partial charge < -0.3 is 0 Å². The summed E-state index contributed by atoms with van der Waals surface area (Å²) in [4.78, 5) is 0. The fourth-order valence-electron chi connectivity index (χ4n) is 6.35. The number of benzene rings is 6. The van der Waals surface area contributed by atoms with Gasteiger partial charge in [-0.2, -0.15) is 79.1 Å². The van der Waals surface area contributed by atoms with Gasteiger partial charge >= 0.3 is 28.4 Å². The van der Waals surface area contributed by atoms with E-state index in [0.717, 1.165) is 40.4 Å². The van der Waals surface area contributed by atoms with Crippen LogP contribution in [0.15, 0.2) is 152 Å². The maximum absolute atomic E-state index is 5.58. The monoisotopic (exact) mass is 892 g/mol. The zero-order valence-corrected chi connectivity index (χ0v) is 38.0. The molecule has 0 saturated heterocycles. The van der Waals surface area contributed by atoms with Crippen LogP contribution in [-0.2, 0) is 37.1 Å². The van der Waals surface area contributed by atoms with E-state index in [4.69, 9.17) is 23.2 Å². The molecule has 0 N–H and O–H groups in total. The van der Waals surface area contributed by atoms with E-state index >= 15 is 0 Å². The third kappa shape index (κ3) is 15.1. The van der Waals surface area contributed by atoms with Gasteiger partial charge in [-0.3, -0.25) is 6.08 Å². The number of aryl methyl sites for hydroxylation is 1. The molecule has 0 aromatic heterocycles. The third-order valence-electron chi connectivity index (χ3n) is 9.16. The van der Waals surface area contributed by atoms with Crippen LogP contribution in [0.5, 0.6) is 0 Å². The number of hydrogen-bond acceptors (Lipinski definition) is 0. The number of halogens is 4. The first kappa shape index (κ1) is 48.6. The van der Waals surface area contributed by atoms with Gasteiger partial charge in [-0.15, -0.1) is 42.4 Å². The molecule has 0 saturated carbocycles. The number of hydrogen-bond donors (Lipinski definition) is 0. The van der Waals surface area contributed by atoms with Crippen molar-refractivity contribution in [3.8, 4) is 22.3 Å². The molecule has 0 aliphatic heterocycles. The predicted octanol–water partition coefficient (Wildman–Crippen LogP) is 15.2. The van der Waals surface area contributed by atoms with Crippen LogP contribution in [-0.4, -0.2) is 4.21 Å². The zero-order valence-electron chi connectivity index (χ0n) is 32.4. The van der Waals surface area contributed by atoms with Crippen molar-refractivity contribution in [2.45, 2.75) is 46.0 Å². The average Bonchev–Trinajstić information content (AvgIpc) is 3.90. The number of allylic oxidation sites excluding steroid dienone is 4. The summed E-state index contributed by atoms with van der Waals surface area (Å²) in [5.41, 5.74) is 14.3. The summed E-state index contributed by atoms with van der Waals surface area (Å²) >= 11 is 12.5. The molecule has 56 heavy (non-hydrogen) atoms. The first-order chi connectivity index (χ1) is 26.2. The first-order valence-electron chi connectivity index (χ1n) is 18.2. The van der Waals surface area contributed by atoms with Crippen LogP contribution in [0.25, 0.3) is 22.3 Å². The van der Waals surface area contributed by atoms with Crippen molar-refractivity contribution in [2.75, 3.05) is 0 Å². The van der Waals surface area contributed by atoms with Crippen molar-refractivity contribution in [3.05, 3.63) is 227 Å². The molecule has 0 heterocycles. The molecule has 0 fully saturated rings. The second-order valence-electron chi connectivity index (χ2n) is 13.5. The summed E-state index contributed by atoms with van der Waals surface area (Å²) in [6, 6.07) is 49.7. The molecule has 6 aromatic rings. The summed E-state index contributed by atoms with van der Waals surface area (Å²) in [6.07, 6.45) is 12.0. The van der Waals surface area contributed by atoms with E-state index in [1.807, 2.05) is 60.7 Å². The molecule has 6 aromatic carbocycles. The van der Waals surface area contributed by atoms with Crippen molar-refractivity contribution in [1.82, 2.24) is 0 Å². The van der Waals surface area contributed by atoms with Crippen molar-refractivity contribution >= 4 is 52.2 Å². The van der Waals surface area contributed by atoms with Crippen LogP contribution in [0.1, 0.15) is 65.1 Å². The fourth-order valence-corrected chi connectivity index (χ4v) is 6.60. The maximum atomic E-state index is 5.58. The van der Waals surface area contributed by atoms with Gasteiger partial charge in [0.25, 0.3) is 0 Å². The van der Waals surface area contributed by atoms with Gasteiger partial charge in [-0.05, 0) is 59.4 Å². The molecule has 2 aliphatic rings. The van der Waals surface area contributed by atoms with E-state index in [1.165, 1.54) is 74.3 Å². The Bertz CT molecular complexity index is 1990. The van der Waals surface area contributed by atoms with Gasteiger partial charge in [0, 0.05) is 10.0 Å². The Morgan fingerprint density at radius 2 is 1.25 bits per heavy atom. The molecular formula is C51H50Cl4Zr-4. The Morgan fingerprint density at radius 3 is 1.71 bits per heavy atom. The molecule has 1 unspecified atom stereocenters. The molecule has 290 valence electrons. The summed E-state index contributed by atoms with van der Waals surface area (Å²) in [5.74, 6) is 1.11. The fraction of sp³-hybridized carbons (Fsp3) is 0.157. The van der Waals surface area contributed by atoms with Crippen molar-refractivity contribution in [2.24, 2.45) is 5.92 Å². The van der Waals surface area contributed by atoms with E-state index in [2.05, 4.69) is 142 Å². The molecule has 2 aliphatic carbocycles. The van der Waals surface area contributed by atoms with E-state index in [-0.39, 0.29) is 24.8 Å². The molecule has 0 bridgehead atoms. The Morgan fingerprint density at radius 1 is 0.696 bits per heavy atom. The summed E-state index contributed by atoms with van der Waals surface area (Å²) < 4.78 is 3.34. The van der Waals surface area contributed by atoms with Crippen molar-refractivity contribution in [3.63, 3.8) is 0 Å². The molecule has 0 spiro atoms. The molecule has 5 heteroatoms. The van der Waals surface area contributed by atoms with Gasteiger partial charge in [-0.1, -0.05) is 140 Å². The van der Waals surface area contributed by atoms with Crippen LogP contribution in [0.2, 0.25) is 10.0 Å². The van der Waals surface area contributed by atoms with Gasteiger partial charge in [0.2, 0.25) is 0 Å². The van der Waals surface area contributed by atoms with Crippen LogP contribution in [0.4, 0.5) is 0 Å². The van der Waals surface area contributed by atoms with Crippen molar-refractivity contribution in [1.29, 1.82) is 0 Å². The number of fused-ring (bicyclic) bond motifs is 3. The quantitative estimate of drug-likeness (QED) is 0.151. The van der Waals surface area contributed by atoms with Gasteiger partial charge in [0.05, 0.1) is 0 Å². The van der Waals surface area contributed by atoms with E-state index < -0.39 is 0 Å². The SMILES string of the molecule is Cc1cc2c(cc1-c1ccccc1)Cc1[c-]c(CC(c3ccccc3)C(C)C)ccc1-2.Cl.Cl.[C-]1=CC=CC1.[CH2-]c1ccc(Cl)cc1.[CH2-]c1ccc(Cl)cc1.[CH2]=[Zr]. The zero-order chi connectivity index (χ0) is 38.9. The third-order valence-corrected chi connectivity index (χ3v) is 9.67. The number of rotatable bonds is 5. The molecule has 1 atom stereocenters. The van der Waals surface area contributed by atoms with Gasteiger partial charge in [-0.25, -0.2) is 12.2 Å². The molecule has 0 nitrogen and oxygen atoms in total. The van der Waals surface area contributed by atoms with E-state index in [0.29, 0.717) is 11.8 Å². The Kier molecular flexibility index (Phi) is 22.3. The van der Waals surface area contributed by atoms with E-state index in [9.17, 15) is 0 Å². The van der Waals surface area contributed by atoms with Gasteiger partial charge in [0.15, 0.2) is 0 Å². The molecule has 0 amide bonds. The van der Waals surface area contributed by atoms with E-state index in [1.54, 1.807) is 0 Å². The average molecular weight is 896 g/mol. The standard InChI is InChI=1S/C31H29.2C7H6Cl.C5H5.CH2.2ClH.Zr/c1-21(2)29(24-10-6-4-7-11-24)18-23-14-15-28-26(17-23)19-27-20-30(22(3)16-31(27)28)25-12-8-5-9-13-25;2*1-6-2-4-7(8)5-3-6;1-2-4-5-3-1;;;;/h4-16,20-21,29H,18-19H2,1-3H3;2*2-5H,1H2;1-3H,4H2;1H2;2*1H;/q4*-1;;;;. The summed E-state index contributed by atoms with van der Waals surface area (Å²) in [7, 11) is 0. The Hall–Kier alpha value is -3.55. The Labute approximate surface area is 374 Å². The topological polar surface area (TPSA) is 0 Å². The van der Waals surface area contributed by atoms with Gasteiger partial charge in [0.1, 0.15) is 0 Å². The Balaban J connectivity index is 0.000000351. The van der Waals surface area contributed by atoms with Crippen molar-refractivity contribution < 1.29 is 24.2 Å². The second kappa shape index (κ2) is 25.7. The molecular weight excluding hydrogens is 846 g/mol. The first-order valence-corrected chi connectivity index (χ1v) is 20.7. The normalized spacial score (nSPS) is 11.5. The minimum absolute atomic E-state index is 0. The predicted molar refractivity (Wildman–Crippen MR) is 246 cm³/mol. The molecule has 8 rings (SSSR count).